The Labute approximate surface area is 174 Å². The minimum absolute atomic E-state index is 0.121. The smallest absolute Gasteiger partial charge is 0.261 e. The van der Waals surface area contributed by atoms with E-state index in [0.717, 1.165) is 16.7 Å². The van der Waals surface area contributed by atoms with Crippen molar-refractivity contribution in [3.8, 4) is 5.75 Å². The number of hydrogen-bond acceptors (Lipinski definition) is 3. The van der Waals surface area contributed by atoms with Gasteiger partial charge in [0.15, 0.2) is 6.61 Å². The van der Waals surface area contributed by atoms with Crippen LogP contribution in [0.5, 0.6) is 5.75 Å². The summed E-state index contributed by atoms with van der Waals surface area (Å²) in [6, 6.07) is 14.9. The molecule has 0 aromatic heterocycles. The van der Waals surface area contributed by atoms with Crippen LogP contribution in [0.4, 0.5) is 0 Å². The molecule has 156 valence electrons. The fourth-order valence-electron chi connectivity index (χ4n) is 3.00. The minimum Gasteiger partial charge on any atom is -0.484 e. The molecule has 5 nitrogen and oxygen atoms in total. The minimum atomic E-state index is -0.622. The number of amides is 2. The van der Waals surface area contributed by atoms with Gasteiger partial charge in [0, 0.05) is 12.1 Å². The van der Waals surface area contributed by atoms with Crippen LogP contribution >= 0.6 is 0 Å². The summed E-state index contributed by atoms with van der Waals surface area (Å²) in [6.07, 6.45) is 0. The van der Waals surface area contributed by atoms with Crippen LogP contribution in [-0.4, -0.2) is 34.9 Å². The maximum atomic E-state index is 13.0. The standard InChI is InChI=1S/C24H32N2O3/c1-17-10-9-12-20(14-17)15-26(19(3)23(28)25-24(4,5)6)22(27)16-29-21-13-8-7-11-18(21)2/h7-14,19H,15-16H2,1-6H3,(H,25,28)/t19-/m0/s1. The van der Waals surface area contributed by atoms with E-state index in [1.165, 1.54) is 0 Å². The number of nitrogens with one attached hydrogen (secondary N) is 1. The molecule has 0 radical (unpaired) electrons. The molecule has 2 amide bonds. The summed E-state index contributed by atoms with van der Waals surface area (Å²) in [4.78, 5) is 27.4. The zero-order chi connectivity index (χ0) is 21.6. The average molecular weight is 397 g/mol. The second-order valence-electron chi connectivity index (χ2n) is 8.48. The maximum absolute atomic E-state index is 13.0. The molecule has 0 saturated carbocycles. The molecule has 0 unspecified atom stereocenters. The SMILES string of the molecule is Cc1cccc(CN(C(=O)COc2ccccc2C)[C@@H](C)C(=O)NC(C)(C)C)c1. The van der Waals surface area contributed by atoms with E-state index in [1.807, 2.05) is 83.1 Å². The summed E-state index contributed by atoms with van der Waals surface area (Å²) >= 11 is 0. The lowest BCUT2D eigenvalue weighted by Crippen LogP contribution is -2.53. The van der Waals surface area contributed by atoms with Crippen molar-refractivity contribution in [2.24, 2.45) is 0 Å². The molecule has 2 rings (SSSR count). The number of rotatable bonds is 7. The van der Waals surface area contributed by atoms with E-state index in [9.17, 15) is 9.59 Å². The molecule has 0 saturated heterocycles. The summed E-state index contributed by atoms with van der Waals surface area (Å²) < 4.78 is 5.75. The lowest BCUT2D eigenvalue weighted by atomic mass is 10.1. The lowest BCUT2D eigenvalue weighted by molar-refractivity contribution is -0.142. The van der Waals surface area contributed by atoms with E-state index >= 15 is 0 Å². The van der Waals surface area contributed by atoms with Crippen LogP contribution < -0.4 is 10.1 Å². The predicted octanol–water partition coefficient (Wildman–Crippen LogP) is 4.01. The van der Waals surface area contributed by atoms with E-state index in [2.05, 4.69) is 5.32 Å². The highest BCUT2D eigenvalue weighted by atomic mass is 16.5. The normalized spacial score (nSPS) is 12.2. The van der Waals surface area contributed by atoms with Gasteiger partial charge in [-0.05, 0) is 58.7 Å². The molecule has 1 atom stereocenters. The van der Waals surface area contributed by atoms with Gasteiger partial charge >= 0.3 is 0 Å². The first-order valence-corrected chi connectivity index (χ1v) is 9.92. The molecule has 2 aromatic carbocycles. The molecule has 0 bridgehead atoms. The fraction of sp³-hybridized carbons (Fsp3) is 0.417. The quantitative estimate of drug-likeness (QED) is 0.769. The zero-order valence-electron chi connectivity index (χ0n) is 18.3. The third kappa shape index (κ3) is 6.93. The Bertz CT molecular complexity index is 855. The molecular formula is C24H32N2O3. The van der Waals surface area contributed by atoms with Gasteiger partial charge in [0.2, 0.25) is 5.91 Å². The number of benzene rings is 2. The van der Waals surface area contributed by atoms with Crippen LogP contribution in [0.1, 0.15) is 44.4 Å². The Kier molecular flexibility index (Phi) is 7.43. The van der Waals surface area contributed by atoms with E-state index < -0.39 is 6.04 Å². The second kappa shape index (κ2) is 9.59. The van der Waals surface area contributed by atoms with Crippen LogP contribution in [0.3, 0.4) is 0 Å². The molecule has 0 aliphatic carbocycles. The maximum Gasteiger partial charge on any atom is 0.261 e. The van der Waals surface area contributed by atoms with Crippen molar-refractivity contribution in [2.45, 2.75) is 59.7 Å². The second-order valence-corrected chi connectivity index (χ2v) is 8.48. The summed E-state index contributed by atoms with van der Waals surface area (Å²) in [5.41, 5.74) is 2.67. The van der Waals surface area contributed by atoms with Gasteiger partial charge in [0.05, 0.1) is 0 Å². The number of ether oxygens (including phenoxy) is 1. The van der Waals surface area contributed by atoms with E-state index in [4.69, 9.17) is 4.74 Å². The molecule has 5 heteroatoms. The van der Waals surface area contributed by atoms with Crippen molar-refractivity contribution in [2.75, 3.05) is 6.61 Å². The molecule has 1 N–H and O–H groups in total. The summed E-state index contributed by atoms with van der Waals surface area (Å²) in [7, 11) is 0. The number of para-hydroxylation sites is 1. The van der Waals surface area contributed by atoms with Gasteiger partial charge in [0.1, 0.15) is 11.8 Å². The molecule has 0 aliphatic rings. The van der Waals surface area contributed by atoms with Crippen LogP contribution in [0, 0.1) is 13.8 Å². The van der Waals surface area contributed by atoms with E-state index in [0.29, 0.717) is 12.3 Å². The third-order valence-corrected chi connectivity index (χ3v) is 4.55. The first kappa shape index (κ1) is 22.5. The highest BCUT2D eigenvalue weighted by molar-refractivity contribution is 5.88. The first-order chi connectivity index (χ1) is 13.6. The van der Waals surface area contributed by atoms with Crippen molar-refractivity contribution >= 4 is 11.8 Å². The van der Waals surface area contributed by atoms with Gasteiger partial charge in [-0.1, -0.05) is 48.0 Å². The number of carbonyl (C=O) groups excluding carboxylic acids is 2. The van der Waals surface area contributed by atoms with Crippen molar-refractivity contribution in [1.82, 2.24) is 10.2 Å². The molecule has 29 heavy (non-hydrogen) atoms. The molecular weight excluding hydrogens is 364 g/mol. The number of nitrogens with zero attached hydrogens (tertiary/aromatic N) is 1. The molecule has 0 aliphatic heterocycles. The summed E-state index contributed by atoms with van der Waals surface area (Å²) in [6.45, 7) is 11.7. The van der Waals surface area contributed by atoms with E-state index in [1.54, 1.807) is 11.8 Å². The zero-order valence-corrected chi connectivity index (χ0v) is 18.3. The van der Waals surface area contributed by atoms with Gasteiger partial charge < -0.3 is 15.0 Å². The molecule has 0 fully saturated rings. The van der Waals surface area contributed by atoms with Gasteiger partial charge in [-0.25, -0.2) is 0 Å². The Balaban J connectivity index is 2.19. The summed E-state index contributed by atoms with van der Waals surface area (Å²) in [5.74, 6) is 0.254. The number of hydrogen-bond donors (Lipinski definition) is 1. The highest BCUT2D eigenvalue weighted by Crippen LogP contribution is 2.17. The molecule has 2 aromatic rings. The van der Waals surface area contributed by atoms with Crippen LogP contribution in [0.15, 0.2) is 48.5 Å². The van der Waals surface area contributed by atoms with Gasteiger partial charge in [-0.2, -0.15) is 0 Å². The lowest BCUT2D eigenvalue weighted by Gasteiger charge is -2.31. The monoisotopic (exact) mass is 396 g/mol. The number of aryl methyl sites for hydroxylation is 2. The largest absolute Gasteiger partial charge is 0.484 e. The third-order valence-electron chi connectivity index (χ3n) is 4.55. The van der Waals surface area contributed by atoms with Crippen molar-refractivity contribution < 1.29 is 14.3 Å². The van der Waals surface area contributed by atoms with Crippen LogP contribution in [-0.2, 0) is 16.1 Å². The van der Waals surface area contributed by atoms with Crippen molar-refractivity contribution in [3.63, 3.8) is 0 Å². The molecule has 0 heterocycles. The average Bonchev–Trinajstić information content (AvgIpc) is 2.63. The summed E-state index contributed by atoms with van der Waals surface area (Å²) in [5, 5.41) is 2.96. The Hall–Kier alpha value is -2.82. The van der Waals surface area contributed by atoms with Crippen molar-refractivity contribution in [3.05, 3.63) is 65.2 Å². The van der Waals surface area contributed by atoms with Crippen LogP contribution in [0.25, 0.3) is 0 Å². The fourth-order valence-corrected chi connectivity index (χ4v) is 3.00. The molecule has 0 spiro atoms. The highest BCUT2D eigenvalue weighted by Gasteiger charge is 2.28. The Morgan fingerprint density at radius 3 is 2.38 bits per heavy atom. The van der Waals surface area contributed by atoms with E-state index in [-0.39, 0.29) is 24.0 Å². The number of carbonyl (C=O) groups is 2. The topological polar surface area (TPSA) is 58.6 Å². The Morgan fingerprint density at radius 1 is 1.07 bits per heavy atom. The predicted molar refractivity (Wildman–Crippen MR) is 116 cm³/mol. The first-order valence-electron chi connectivity index (χ1n) is 9.92. The van der Waals surface area contributed by atoms with Gasteiger partial charge in [0.25, 0.3) is 5.91 Å². The van der Waals surface area contributed by atoms with Gasteiger partial charge in [-0.3, -0.25) is 9.59 Å². The van der Waals surface area contributed by atoms with Crippen LogP contribution in [0.2, 0.25) is 0 Å². The Morgan fingerprint density at radius 2 is 1.76 bits per heavy atom. The van der Waals surface area contributed by atoms with Crippen molar-refractivity contribution in [1.29, 1.82) is 0 Å². The van der Waals surface area contributed by atoms with Gasteiger partial charge in [-0.15, -0.1) is 0 Å².